The summed E-state index contributed by atoms with van der Waals surface area (Å²) in [5.74, 6) is -1.85. The Hall–Kier alpha value is -1.04. The maximum atomic E-state index is 12.4. The third kappa shape index (κ3) is 2.53. The quantitative estimate of drug-likeness (QED) is 0.716. The van der Waals surface area contributed by atoms with Crippen LogP contribution in [-0.4, -0.2) is 23.5 Å². The highest BCUT2D eigenvalue weighted by molar-refractivity contribution is 9.10. The summed E-state index contributed by atoms with van der Waals surface area (Å²) in [5, 5.41) is 0. The van der Waals surface area contributed by atoms with Crippen LogP contribution in [0, 0.1) is 0 Å². The van der Waals surface area contributed by atoms with Crippen LogP contribution in [-0.2, 0) is 11.3 Å². The molecule has 98 valence electrons. The molecular formula is C12H11BrF3NO. The molecule has 0 saturated heterocycles. The van der Waals surface area contributed by atoms with Crippen LogP contribution in [0.4, 0.5) is 13.2 Å². The molecule has 2 nitrogen and oxygen atoms in total. The molecule has 0 saturated carbocycles. The lowest BCUT2D eigenvalue weighted by molar-refractivity contribution is -0.186. The van der Waals surface area contributed by atoms with E-state index in [1.165, 1.54) is 0 Å². The molecule has 0 spiro atoms. The average molecular weight is 322 g/mol. The molecule has 2 rings (SSSR count). The van der Waals surface area contributed by atoms with Crippen molar-refractivity contribution in [2.45, 2.75) is 25.6 Å². The van der Waals surface area contributed by atoms with Gasteiger partial charge < -0.3 is 4.90 Å². The van der Waals surface area contributed by atoms with Crippen molar-refractivity contribution >= 4 is 21.8 Å². The first-order chi connectivity index (χ1) is 8.29. The van der Waals surface area contributed by atoms with Crippen LogP contribution in [0.5, 0.6) is 0 Å². The smallest absolute Gasteiger partial charge is 0.330 e. The Balaban J connectivity index is 2.30. The first-order valence-electron chi connectivity index (χ1n) is 5.43. The molecular weight excluding hydrogens is 311 g/mol. The van der Waals surface area contributed by atoms with Gasteiger partial charge in [-0.15, -0.1) is 0 Å². The Morgan fingerprint density at radius 1 is 1.44 bits per heavy atom. The first kappa shape index (κ1) is 13.4. The number of hydrogen-bond acceptors (Lipinski definition) is 1. The van der Waals surface area contributed by atoms with E-state index in [1.54, 1.807) is 6.07 Å². The molecule has 6 heteroatoms. The van der Waals surface area contributed by atoms with Gasteiger partial charge in [0.15, 0.2) is 0 Å². The van der Waals surface area contributed by atoms with Crippen molar-refractivity contribution in [3.8, 4) is 0 Å². The zero-order valence-corrected chi connectivity index (χ0v) is 11.2. The van der Waals surface area contributed by atoms with Crippen LogP contribution >= 0.6 is 15.9 Å². The number of halogens is 4. The fourth-order valence-corrected chi connectivity index (χ4v) is 2.63. The molecule has 1 atom stereocenters. The average Bonchev–Trinajstić information content (AvgIpc) is 2.25. The highest BCUT2D eigenvalue weighted by atomic mass is 79.9. The largest absolute Gasteiger partial charge is 0.471 e. The minimum atomic E-state index is -4.80. The van der Waals surface area contributed by atoms with E-state index in [4.69, 9.17) is 0 Å². The first-order valence-corrected chi connectivity index (χ1v) is 6.22. The molecule has 1 aliphatic heterocycles. The van der Waals surface area contributed by atoms with Crippen molar-refractivity contribution in [2.24, 2.45) is 0 Å². The second-order valence-electron chi connectivity index (χ2n) is 4.43. The van der Waals surface area contributed by atoms with Gasteiger partial charge in [0.2, 0.25) is 0 Å². The second-order valence-corrected chi connectivity index (χ2v) is 5.34. The number of carbonyl (C=O) groups excluding carboxylic acids is 1. The van der Waals surface area contributed by atoms with Crippen LogP contribution < -0.4 is 0 Å². The minimum Gasteiger partial charge on any atom is -0.330 e. The van der Waals surface area contributed by atoms with Gasteiger partial charge in [-0.2, -0.15) is 13.2 Å². The fraction of sp³-hybridized carbons (Fsp3) is 0.417. The molecule has 0 aliphatic carbocycles. The third-order valence-electron chi connectivity index (χ3n) is 3.02. The number of nitrogens with zero attached hydrogens (tertiary/aromatic N) is 1. The molecule has 0 bridgehead atoms. The molecule has 1 aromatic carbocycles. The Kier molecular flexibility index (Phi) is 3.40. The van der Waals surface area contributed by atoms with E-state index in [0.717, 1.165) is 20.5 Å². The highest BCUT2D eigenvalue weighted by Gasteiger charge is 2.43. The summed E-state index contributed by atoms with van der Waals surface area (Å²) in [7, 11) is 0. The van der Waals surface area contributed by atoms with E-state index < -0.39 is 12.1 Å². The van der Waals surface area contributed by atoms with Gasteiger partial charge in [-0.25, -0.2) is 0 Å². The highest BCUT2D eigenvalue weighted by Crippen LogP contribution is 2.32. The fourth-order valence-electron chi connectivity index (χ4n) is 2.23. The Bertz CT molecular complexity index is 487. The molecule has 1 aliphatic rings. The second kappa shape index (κ2) is 4.57. The molecule has 1 aromatic rings. The standard InChI is InChI=1S/C12H11BrF3NO/c1-7-5-17(11(18)12(14,15)16)6-8-4-9(13)2-3-10(7)8/h2-4,7H,5-6H2,1H3/t7-/m0/s1. The molecule has 0 fully saturated rings. The maximum Gasteiger partial charge on any atom is 0.471 e. The van der Waals surface area contributed by atoms with Crippen molar-refractivity contribution in [3.63, 3.8) is 0 Å². The predicted octanol–water partition coefficient (Wildman–Crippen LogP) is 3.46. The van der Waals surface area contributed by atoms with Crippen molar-refractivity contribution in [3.05, 3.63) is 33.8 Å². The van der Waals surface area contributed by atoms with Crippen molar-refractivity contribution < 1.29 is 18.0 Å². The van der Waals surface area contributed by atoms with E-state index in [0.29, 0.717) is 0 Å². The molecule has 0 aromatic heterocycles. The zero-order valence-electron chi connectivity index (χ0n) is 9.59. The third-order valence-corrected chi connectivity index (χ3v) is 3.51. The summed E-state index contributed by atoms with van der Waals surface area (Å²) in [4.78, 5) is 12.1. The lowest BCUT2D eigenvalue weighted by Gasteiger charge is -2.33. The number of rotatable bonds is 0. The SMILES string of the molecule is C[C@H]1CN(C(=O)C(F)(F)F)Cc2cc(Br)ccc21. The van der Waals surface area contributed by atoms with E-state index in [1.807, 2.05) is 19.1 Å². The lowest BCUT2D eigenvalue weighted by Crippen LogP contribution is -2.44. The summed E-state index contributed by atoms with van der Waals surface area (Å²) < 4.78 is 38.0. The molecule has 18 heavy (non-hydrogen) atoms. The topological polar surface area (TPSA) is 20.3 Å². The van der Waals surface area contributed by atoms with Gasteiger partial charge >= 0.3 is 12.1 Å². The van der Waals surface area contributed by atoms with Crippen LogP contribution in [0.3, 0.4) is 0 Å². The number of hydrogen-bond donors (Lipinski definition) is 0. The normalized spacial score (nSPS) is 19.6. The Labute approximate surface area is 111 Å². The van der Waals surface area contributed by atoms with Crippen LogP contribution in [0.2, 0.25) is 0 Å². The number of fused-ring (bicyclic) bond motifs is 1. The number of amides is 1. The lowest BCUT2D eigenvalue weighted by atomic mass is 9.91. The summed E-state index contributed by atoms with van der Waals surface area (Å²) in [6.45, 7) is 1.94. The maximum absolute atomic E-state index is 12.4. The van der Waals surface area contributed by atoms with Crippen molar-refractivity contribution in [1.29, 1.82) is 0 Å². The molecule has 1 amide bonds. The Morgan fingerprint density at radius 2 is 2.11 bits per heavy atom. The van der Waals surface area contributed by atoms with Gasteiger partial charge in [0.1, 0.15) is 0 Å². The molecule has 1 heterocycles. The van der Waals surface area contributed by atoms with Crippen molar-refractivity contribution in [2.75, 3.05) is 6.54 Å². The van der Waals surface area contributed by atoms with Crippen molar-refractivity contribution in [1.82, 2.24) is 4.90 Å². The van der Waals surface area contributed by atoms with E-state index in [-0.39, 0.29) is 19.0 Å². The molecule has 0 N–H and O–H groups in total. The molecule has 0 radical (unpaired) electrons. The summed E-state index contributed by atoms with van der Waals surface area (Å²) in [6.07, 6.45) is -4.80. The molecule has 0 unspecified atom stereocenters. The number of benzene rings is 1. The van der Waals surface area contributed by atoms with Crippen LogP contribution in [0.25, 0.3) is 0 Å². The summed E-state index contributed by atoms with van der Waals surface area (Å²) in [6, 6.07) is 5.51. The van der Waals surface area contributed by atoms with Gasteiger partial charge in [0, 0.05) is 17.6 Å². The van der Waals surface area contributed by atoms with Crippen LogP contribution in [0.15, 0.2) is 22.7 Å². The monoisotopic (exact) mass is 321 g/mol. The minimum absolute atomic E-state index is 0.0114. The Morgan fingerprint density at radius 3 is 2.72 bits per heavy atom. The predicted molar refractivity (Wildman–Crippen MR) is 64.0 cm³/mol. The van der Waals surface area contributed by atoms with Gasteiger partial charge in [0.05, 0.1) is 0 Å². The van der Waals surface area contributed by atoms with Gasteiger partial charge in [-0.1, -0.05) is 28.9 Å². The van der Waals surface area contributed by atoms with E-state index in [2.05, 4.69) is 15.9 Å². The summed E-state index contributed by atoms with van der Waals surface area (Å²) >= 11 is 3.28. The number of alkyl halides is 3. The summed E-state index contributed by atoms with van der Waals surface area (Å²) in [5.41, 5.74) is 1.77. The van der Waals surface area contributed by atoms with Crippen LogP contribution in [0.1, 0.15) is 24.0 Å². The number of carbonyl (C=O) groups is 1. The van der Waals surface area contributed by atoms with Gasteiger partial charge in [0.25, 0.3) is 0 Å². The zero-order chi connectivity index (χ0) is 13.5. The van der Waals surface area contributed by atoms with Gasteiger partial charge in [-0.3, -0.25) is 4.79 Å². The van der Waals surface area contributed by atoms with E-state index >= 15 is 0 Å². The van der Waals surface area contributed by atoms with E-state index in [9.17, 15) is 18.0 Å². The van der Waals surface area contributed by atoms with Gasteiger partial charge in [-0.05, 0) is 29.2 Å².